The van der Waals surface area contributed by atoms with Gasteiger partial charge in [0.05, 0.1) is 4.70 Å². The lowest BCUT2D eigenvalue weighted by Gasteiger charge is -2.14. The van der Waals surface area contributed by atoms with Crippen molar-refractivity contribution >= 4 is 54.9 Å². The molecule has 0 spiro atoms. The average molecular weight is 404 g/mol. The first-order valence-electron chi connectivity index (χ1n) is 8.41. The number of rotatable bonds is 5. The lowest BCUT2D eigenvalue weighted by Crippen LogP contribution is -2.30. The van der Waals surface area contributed by atoms with E-state index in [0.29, 0.717) is 10.6 Å². The normalized spacial score (nSPS) is 12.0. The summed E-state index contributed by atoms with van der Waals surface area (Å²) in [6.07, 6.45) is -0.899. The second-order valence-electron chi connectivity index (χ2n) is 6.53. The Hall–Kier alpha value is -2.45. The van der Waals surface area contributed by atoms with E-state index in [-0.39, 0.29) is 5.91 Å². The van der Waals surface area contributed by atoms with Crippen LogP contribution in [0.2, 0.25) is 0 Å². The van der Waals surface area contributed by atoms with E-state index in [1.807, 2.05) is 51.0 Å². The minimum absolute atomic E-state index is 0.360. The Morgan fingerprint density at radius 2 is 1.93 bits per heavy atom. The molecule has 0 fully saturated rings. The molecular formula is C19H21N3O3S2. The molecule has 1 aromatic carbocycles. The maximum Gasteiger partial charge on any atom is 0.349 e. The second-order valence-corrected chi connectivity index (χ2v) is 8.57. The summed E-state index contributed by atoms with van der Waals surface area (Å²) in [7, 11) is 3.85. The van der Waals surface area contributed by atoms with Crippen LogP contribution in [0.4, 0.5) is 10.8 Å². The number of carbonyl (C=O) groups excluding carboxylic acids is 2. The zero-order valence-corrected chi connectivity index (χ0v) is 17.5. The fourth-order valence-electron chi connectivity index (χ4n) is 2.48. The van der Waals surface area contributed by atoms with E-state index in [0.717, 1.165) is 25.8 Å². The molecule has 1 N–H and O–H groups in total. The topological polar surface area (TPSA) is 71.5 Å². The van der Waals surface area contributed by atoms with Crippen LogP contribution in [0.1, 0.15) is 27.7 Å². The van der Waals surface area contributed by atoms with E-state index in [9.17, 15) is 9.59 Å². The summed E-state index contributed by atoms with van der Waals surface area (Å²) in [5, 5.41) is 3.69. The van der Waals surface area contributed by atoms with Crippen molar-refractivity contribution < 1.29 is 14.3 Å². The van der Waals surface area contributed by atoms with Gasteiger partial charge in [0, 0.05) is 19.8 Å². The molecule has 0 bridgehead atoms. The minimum Gasteiger partial charge on any atom is -0.448 e. The highest BCUT2D eigenvalue weighted by Crippen LogP contribution is 2.34. The summed E-state index contributed by atoms with van der Waals surface area (Å²) in [4.78, 5) is 32.4. The molecule has 0 radical (unpaired) electrons. The number of benzene rings is 1. The van der Waals surface area contributed by atoms with Crippen LogP contribution in [0.25, 0.3) is 9.53 Å². The number of thiophene rings is 1. The van der Waals surface area contributed by atoms with Crippen LogP contribution in [0.3, 0.4) is 0 Å². The highest BCUT2D eigenvalue weighted by molar-refractivity contribution is 7.29. The highest BCUT2D eigenvalue weighted by atomic mass is 32.1. The first-order valence-corrected chi connectivity index (χ1v) is 10.0. The van der Waals surface area contributed by atoms with Crippen molar-refractivity contribution in [2.24, 2.45) is 0 Å². The number of aromatic nitrogens is 1. The lowest BCUT2D eigenvalue weighted by molar-refractivity contribution is -0.123. The predicted octanol–water partition coefficient (Wildman–Crippen LogP) is 4.22. The number of amides is 1. The molecule has 1 unspecified atom stereocenters. The maximum atomic E-state index is 12.4. The molecule has 0 aliphatic heterocycles. The molecule has 8 heteroatoms. The Morgan fingerprint density at radius 3 is 2.56 bits per heavy atom. The van der Waals surface area contributed by atoms with E-state index < -0.39 is 12.1 Å². The largest absolute Gasteiger partial charge is 0.448 e. The van der Waals surface area contributed by atoms with Crippen molar-refractivity contribution in [2.75, 3.05) is 24.3 Å². The number of fused-ring (bicyclic) bond motifs is 1. The van der Waals surface area contributed by atoms with Crippen LogP contribution < -0.4 is 10.2 Å². The van der Waals surface area contributed by atoms with Gasteiger partial charge in [-0.1, -0.05) is 29.0 Å². The molecule has 2 aromatic heterocycles. The number of aryl methyl sites for hydroxylation is 2. The van der Waals surface area contributed by atoms with Gasteiger partial charge in [-0.25, -0.2) is 9.78 Å². The van der Waals surface area contributed by atoms with Crippen LogP contribution >= 0.6 is 22.7 Å². The Kier molecular flexibility index (Phi) is 5.48. The Morgan fingerprint density at radius 1 is 1.19 bits per heavy atom. The number of nitrogens with one attached hydrogen (secondary N) is 1. The summed E-state index contributed by atoms with van der Waals surface area (Å²) in [5.74, 6) is -0.874. The van der Waals surface area contributed by atoms with E-state index in [1.54, 1.807) is 13.0 Å². The quantitative estimate of drug-likeness (QED) is 0.646. The highest BCUT2D eigenvalue weighted by Gasteiger charge is 2.22. The van der Waals surface area contributed by atoms with Gasteiger partial charge in [-0.2, -0.15) is 0 Å². The van der Waals surface area contributed by atoms with Crippen molar-refractivity contribution in [3.8, 4) is 0 Å². The van der Waals surface area contributed by atoms with E-state index in [1.165, 1.54) is 22.7 Å². The lowest BCUT2D eigenvalue weighted by atomic mass is 10.1. The zero-order valence-electron chi connectivity index (χ0n) is 15.8. The standard InChI is InChI=1S/C19H21N3O3S2/c1-10-6-7-13(11(2)8-10)20-16(23)12(3)25-18(24)15-9-14-17(26-15)21-19(27-14)22(4)5/h6-9,12H,1-5H3,(H,20,23). The van der Waals surface area contributed by atoms with Crippen LogP contribution in [-0.4, -0.2) is 37.1 Å². The molecule has 2 heterocycles. The van der Waals surface area contributed by atoms with E-state index in [2.05, 4.69) is 10.3 Å². The molecule has 142 valence electrons. The maximum absolute atomic E-state index is 12.4. The predicted molar refractivity (Wildman–Crippen MR) is 111 cm³/mol. The van der Waals surface area contributed by atoms with Crippen molar-refractivity contribution in [3.05, 3.63) is 40.3 Å². The number of ether oxygens (including phenoxy) is 1. The van der Waals surface area contributed by atoms with Crippen molar-refractivity contribution in [1.29, 1.82) is 0 Å². The van der Waals surface area contributed by atoms with E-state index >= 15 is 0 Å². The molecule has 0 aliphatic rings. The Balaban J connectivity index is 1.65. The van der Waals surface area contributed by atoms with Crippen LogP contribution in [0.5, 0.6) is 0 Å². The van der Waals surface area contributed by atoms with Crippen molar-refractivity contribution in [1.82, 2.24) is 4.98 Å². The third-order valence-corrected chi connectivity index (χ3v) is 6.26. The summed E-state index contributed by atoms with van der Waals surface area (Å²) >= 11 is 2.78. The molecule has 27 heavy (non-hydrogen) atoms. The molecular weight excluding hydrogens is 382 g/mol. The van der Waals surface area contributed by atoms with Gasteiger partial charge >= 0.3 is 5.97 Å². The molecule has 6 nitrogen and oxygen atoms in total. The monoisotopic (exact) mass is 403 g/mol. The average Bonchev–Trinajstić information content (AvgIpc) is 3.16. The van der Waals surface area contributed by atoms with Gasteiger partial charge in [0.1, 0.15) is 9.71 Å². The molecule has 0 saturated carbocycles. The van der Waals surface area contributed by atoms with Crippen LogP contribution in [0.15, 0.2) is 24.3 Å². The summed E-state index contributed by atoms with van der Waals surface area (Å²) < 4.78 is 6.27. The van der Waals surface area contributed by atoms with Gasteiger partial charge in [-0.05, 0) is 38.5 Å². The van der Waals surface area contributed by atoms with Crippen molar-refractivity contribution in [2.45, 2.75) is 26.9 Å². The van der Waals surface area contributed by atoms with E-state index in [4.69, 9.17) is 4.74 Å². The van der Waals surface area contributed by atoms with Gasteiger partial charge in [0.25, 0.3) is 5.91 Å². The third-order valence-electron chi connectivity index (χ3n) is 3.95. The molecule has 0 saturated heterocycles. The molecule has 1 amide bonds. The van der Waals surface area contributed by atoms with Crippen molar-refractivity contribution in [3.63, 3.8) is 0 Å². The minimum atomic E-state index is -0.899. The number of hydrogen-bond acceptors (Lipinski definition) is 7. The zero-order chi connectivity index (χ0) is 19.7. The molecule has 0 aliphatic carbocycles. The van der Waals surface area contributed by atoms with Crippen LogP contribution in [-0.2, 0) is 9.53 Å². The first kappa shape index (κ1) is 19.3. The van der Waals surface area contributed by atoms with Gasteiger partial charge in [-0.3, -0.25) is 4.79 Å². The fourth-order valence-corrected chi connectivity index (χ4v) is 4.49. The van der Waals surface area contributed by atoms with Gasteiger partial charge in [0.15, 0.2) is 11.2 Å². The number of esters is 1. The SMILES string of the molecule is Cc1ccc(NC(=O)C(C)OC(=O)c2cc3sc(N(C)C)nc3s2)c(C)c1. The molecule has 1 atom stereocenters. The Labute approximate surface area is 165 Å². The number of hydrogen-bond donors (Lipinski definition) is 1. The van der Waals surface area contributed by atoms with Crippen LogP contribution in [0, 0.1) is 13.8 Å². The van der Waals surface area contributed by atoms with Gasteiger partial charge in [0.2, 0.25) is 0 Å². The molecule has 3 rings (SSSR count). The number of thiazole rings is 1. The summed E-state index contributed by atoms with van der Waals surface area (Å²) in [6, 6.07) is 7.52. The summed E-state index contributed by atoms with van der Waals surface area (Å²) in [6.45, 7) is 5.48. The second kappa shape index (κ2) is 7.66. The van der Waals surface area contributed by atoms with Gasteiger partial charge in [-0.15, -0.1) is 11.3 Å². The third kappa shape index (κ3) is 4.28. The number of anilines is 2. The number of nitrogens with zero attached hydrogens (tertiary/aromatic N) is 2. The first-order chi connectivity index (χ1) is 12.7. The van der Waals surface area contributed by atoms with Gasteiger partial charge < -0.3 is 15.0 Å². The molecule has 3 aromatic rings. The smallest absolute Gasteiger partial charge is 0.349 e. The fraction of sp³-hybridized carbons (Fsp3) is 0.316. The number of carbonyl (C=O) groups is 2. The Bertz CT molecular complexity index is 975. The summed E-state index contributed by atoms with van der Waals surface area (Å²) in [5.41, 5.74) is 2.79.